The van der Waals surface area contributed by atoms with Crippen LogP contribution in [-0.4, -0.2) is 35.0 Å². The molecule has 120 valence electrons. The Labute approximate surface area is 138 Å². The molecule has 0 radical (unpaired) electrons. The summed E-state index contributed by atoms with van der Waals surface area (Å²) in [6.07, 6.45) is 7.33. The number of ether oxygens (including phenoxy) is 1. The van der Waals surface area contributed by atoms with Crippen molar-refractivity contribution in [3.63, 3.8) is 0 Å². The van der Waals surface area contributed by atoms with Crippen LogP contribution in [0.1, 0.15) is 23.2 Å². The fourth-order valence-electron chi connectivity index (χ4n) is 2.62. The lowest BCUT2D eigenvalue weighted by Crippen LogP contribution is -2.45. The molecular formula is C16H16ClN3O3. The predicted octanol–water partition coefficient (Wildman–Crippen LogP) is 2.05. The Hall–Kier alpha value is -2.34. The second-order valence-corrected chi connectivity index (χ2v) is 5.80. The van der Waals surface area contributed by atoms with Crippen LogP contribution in [0.25, 0.3) is 0 Å². The van der Waals surface area contributed by atoms with Gasteiger partial charge in [-0.1, -0.05) is 11.6 Å². The minimum atomic E-state index is -0.163. The average molecular weight is 334 g/mol. The van der Waals surface area contributed by atoms with Crippen molar-refractivity contribution < 1.29 is 14.3 Å². The summed E-state index contributed by atoms with van der Waals surface area (Å²) in [7, 11) is 0. The quantitative estimate of drug-likeness (QED) is 0.637. The number of piperidine rings is 1. The molecule has 2 aromatic heterocycles. The molecule has 0 aliphatic carbocycles. The molecule has 7 heteroatoms. The summed E-state index contributed by atoms with van der Waals surface area (Å²) in [6.45, 7) is 1.11. The van der Waals surface area contributed by atoms with Crippen LogP contribution in [0.15, 0.2) is 43.0 Å². The molecule has 3 heterocycles. The van der Waals surface area contributed by atoms with E-state index in [4.69, 9.17) is 16.3 Å². The Bertz CT molecular complexity index is 710. The highest BCUT2D eigenvalue weighted by Crippen LogP contribution is 2.25. The Morgan fingerprint density at radius 3 is 3.13 bits per heavy atom. The molecular weight excluding hydrogens is 318 g/mol. The van der Waals surface area contributed by atoms with Gasteiger partial charge in [-0.25, -0.2) is 0 Å². The van der Waals surface area contributed by atoms with Gasteiger partial charge < -0.3 is 14.8 Å². The normalized spacial score (nSPS) is 17.8. The number of nitrogens with zero attached hydrogens (tertiary/aromatic N) is 3. The molecule has 0 aromatic carbocycles. The summed E-state index contributed by atoms with van der Waals surface area (Å²) in [4.78, 5) is 18.1. The van der Waals surface area contributed by atoms with Crippen LogP contribution < -0.4 is 9.47 Å². The molecule has 1 aliphatic heterocycles. The van der Waals surface area contributed by atoms with E-state index in [0.717, 1.165) is 12.8 Å². The summed E-state index contributed by atoms with van der Waals surface area (Å²) < 4.78 is 6.52. The molecule has 0 bridgehead atoms. The van der Waals surface area contributed by atoms with Crippen LogP contribution in [0.2, 0.25) is 5.02 Å². The zero-order valence-corrected chi connectivity index (χ0v) is 13.1. The second-order valence-electron chi connectivity index (χ2n) is 5.39. The first-order valence-corrected chi connectivity index (χ1v) is 7.75. The third-order valence-corrected chi connectivity index (χ3v) is 4.00. The van der Waals surface area contributed by atoms with Crippen LogP contribution in [0, 0.1) is 5.21 Å². The van der Waals surface area contributed by atoms with Crippen molar-refractivity contribution in [2.24, 2.45) is 0 Å². The van der Waals surface area contributed by atoms with E-state index in [1.165, 1.54) is 18.6 Å². The molecule has 23 heavy (non-hydrogen) atoms. The molecule has 3 rings (SSSR count). The van der Waals surface area contributed by atoms with Crippen LogP contribution in [-0.2, 0) is 0 Å². The van der Waals surface area contributed by atoms with Crippen molar-refractivity contribution in [3.05, 3.63) is 58.8 Å². The number of halogens is 1. The second kappa shape index (κ2) is 6.83. The molecule has 1 amide bonds. The maximum Gasteiger partial charge on any atom is 0.260 e. The summed E-state index contributed by atoms with van der Waals surface area (Å²) >= 11 is 6.05. The molecule has 6 nitrogen and oxygen atoms in total. The summed E-state index contributed by atoms with van der Waals surface area (Å²) in [5.41, 5.74) is 0.380. The number of carbonyl (C=O) groups is 1. The van der Waals surface area contributed by atoms with E-state index in [-0.39, 0.29) is 12.0 Å². The Morgan fingerprint density at radius 2 is 2.35 bits per heavy atom. The standard InChI is InChI=1S/C16H16ClN3O3/c17-14-9-18-6-5-15(14)23-13-4-2-7-19(11-13)16(21)12-3-1-8-20(22)10-12/h1,3,5-6,8-10,13H,2,4,7,11H2. The number of hydrogen-bond donors (Lipinski definition) is 0. The molecule has 2 aromatic rings. The summed E-state index contributed by atoms with van der Waals surface area (Å²) in [5, 5.41) is 11.8. The predicted molar refractivity (Wildman–Crippen MR) is 84.2 cm³/mol. The van der Waals surface area contributed by atoms with Crippen molar-refractivity contribution >= 4 is 17.5 Å². The van der Waals surface area contributed by atoms with Crippen molar-refractivity contribution in [1.29, 1.82) is 0 Å². The first kappa shape index (κ1) is 15.6. The maximum atomic E-state index is 12.5. The van der Waals surface area contributed by atoms with Gasteiger partial charge in [0.25, 0.3) is 5.91 Å². The number of pyridine rings is 2. The fraction of sp³-hybridized carbons (Fsp3) is 0.312. The van der Waals surface area contributed by atoms with Crippen LogP contribution in [0.5, 0.6) is 5.75 Å². The maximum absolute atomic E-state index is 12.5. The summed E-state index contributed by atoms with van der Waals surface area (Å²) in [5.74, 6) is 0.405. The third kappa shape index (κ3) is 3.71. The van der Waals surface area contributed by atoms with E-state index < -0.39 is 0 Å². The number of aromatic nitrogens is 2. The molecule has 1 aliphatic rings. The number of amides is 1. The molecule has 1 fully saturated rings. The van der Waals surface area contributed by atoms with Gasteiger partial charge in [0.15, 0.2) is 12.4 Å². The minimum absolute atomic E-state index is 0.129. The smallest absolute Gasteiger partial charge is 0.260 e. The van der Waals surface area contributed by atoms with Gasteiger partial charge in [0, 0.05) is 31.1 Å². The van der Waals surface area contributed by atoms with E-state index in [0.29, 0.717) is 34.2 Å². The molecule has 0 N–H and O–H groups in total. The summed E-state index contributed by atoms with van der Waals surface area (Å²) in [6, 6.07) is 4.91. The molecule has 0 spiro atoms. The fourth-order valence-corrected chi connectivity index (χ4v) is 2.78. The molecule has 1 saturated heterocycles. The topological polar surface area (TPSA) is 69.4 Å². The van der Waals surface area contributed by atoms with Crippen molar-refractivity contribution in [1.82, 2.24) is 9.88 Å². The highest BCUT2D eigenvalue weighted by molar-refractivity contribution is 6.31. The number of likely N-dealkylation sites (tertiary alicyclic amines) is 1. The average Bonchev–Trinajstić information content (AvgIpc) is 2.56. The van der Waals surface area contributed by atoms with E-state index >= 15 is 0 Å². The first-order chi connectivity index (χ1) is 11.1. The molecule has 1 atom stereocenters. The van der Waals surface area contributed by atoms with Gasteiger partial charge >= 0.3 is 0 Å². The Kier molecular flexibility index (Phi) is 4.62. The number of carbonyl (C=O) groups excluding carboxylic acids is 1. The van der Waals surface area contributed by atoms with Gasteiger partial charge in [-0.2, -0.15) is 4.73 Å². The number of rotatable bonds is 3. The lowest BCUT2D eigenvalue weighted by molar-refractivity contribution is -0.605. The lowest BCUT2D eigenvalue weighted by Gasteiger charge is -2.32. The van der Waals surface area contributed by atoms with E-state index in [2.05, 4.69) is 4.98 Å². The van der Waals surface area contributed by atoms with Crippen LogP contribution in [0.4, 0.5) is 0 Å². The van der Waals surface area contributed by atoms with Crippen LogP contribution >= 0.6 is 11.6 Å². The Balaban J connectivity index is 1.68. The monoisotopic (exact) mass is 333 g/mol. The highest BCUT2D eigenvalue weighted by Gasteiger charge is 2.27. The van der Waals surface area contributed by atoms with Gasteiger partial charge in [0.05, 0.1) is 6.54 Å². The molecule has 0 saturated carbocycles. The van der Waals surface area contributed by atoms with Gasteiger partial charge in [0.1, 0.15) is 22.4 Å². The Morgan fingerprint density at radius 1 is 1.48 bits per heavy atom. The highest BCUT2D eigenvalue weighted by atomic mass is 35.5. The van der Waals surface area contributed by atoms with Gasteiger partial charge in [0.2, 0.25) is 0 Å². The van der Waals surface area contributed by atoms with E-state index in [1.807, 2.05) is 0 Å². The van der Waals surface area contributed by atoms with Crippen molar-refractivity contribution in [3.8, 4) is 5.75 Å². The van der Waals surface area contributed by atoms with Crippen molar-refractivity contribution in [2.75, 3.05) is 13.1 Å². The SMILES string of the molecule is O=C(c1ccc[n+]([O-])c1)N1CCCC(Oc2ccncc2Cl)C1. The van der Waals surface area contributed by atoms with Gasteiger partial charge in [-0.05, 0) is 18.9 Å². The largest absolute Gasteiger partial charge is 0.619 e. The third-order valence-electron chi connectivity index (χ3n) is 3.72. The molecule has 1 unspecified atom stereocenters. The van der Waals surface area contributed by atoms with Gasteiger partial charge in [-0.3, -0.25) is 9.78 Å². The first-order valence-electron chi connectivity index (χ1n) is 7.38. The van der Waals surface area contributed by atoms with E-state index in [1.54, 1.807) is 29.3 Å². The van der Waals surface area contributed by atoms with Crippen molar-refractivity contribution in [2.45, 2.75) is 18.9 Å². The minimum Gasteiger partial charge on any atom is -0.619 e. The van der Waals surface area contributed by atoms with Crippen LogP contribution in [0.3, 0.4) is 0 Å². The van der Waals surface area contributed by atoms with E-state index in [9.17, 15) is 10.0 Å². The lowest BCUT2D eigenvalue weighted by atomic mass is 10.1. The number of hydrogen-bond acceptors (Lipinski definition) is 4. The zero-order valence-electron chi connectivity index (χ0n) is 12.4. The zero-order chi connectivity index (χ0) is 16.2. The van der Waals surface area contributed by atoms with Gasteiger partial charge in [-0.15, -0.1) is 0 Å².